The molecule has 1 heterocycles. The van der Waals surface area contributed by atoms with Gasteiger partial charge in [0.2, 0.25) is 11.8 Å². The third-order valence-electron chi connectivity index (χ3n) is 2.93. The number of carbonyl (C=O) groups is 1. The van der Waals surface area contributed by atoms with Crippen LogP contribution in [0.3, 0.4) is 0 Å². The Bertz CT molecular complexity index is 853. The minimum atomic E-state index is -0.138. The Morgan fingerprint density at radius 2 is 1.88 bits per heavy atom. The van der Waals surface area contributed by atoms with Crippen LogP contribution in [-0.2, 0) is 4.79 Å². The van der Waals surface area contributed by atoms with Crippen LogP contribution in [0.2, 0.25) is 0 Å². The lowest BCUT2D eigenvalue weighted by Gasteiger charge is -2.04. The molecule has 0 spiro atoms. The third-order valence-corrected chi connectivity index (χ3v) is 4.77. The summed E-state index contributed by atoms with van der Waals surface area (Å²) in [5.74, 6) is 0.480. The second kappa shape index (κ2) is 7.96. The van der Waals surface area contributed by atoms with Gasteiger partial charge in [0.05, 0.1) is 5.75 Å². The Kier molecular flexibility index (Phi) is 5.70. The smallest absolute Gasteiger partial charge is 0.277 e. The summed E-state index contributed by atoms with van der Waals surface area (Å²) in [6.07, 6.45) is 0. The molecule has 1 amide bonds. The highest BCUT2D eigenvalue weighted by Crippen LogP contribution is 2.24. The molecule has 1 aromatic heterocycles. The fraction of sp³-hybridized carbons (Fsp3) is 0.0625. The summed E-state index contributed by atoms with van der Waals surface area (Å²) in [6.45, 7) is 0. The standard InChI is InChI=1S/C16H11Br2N3O2S/c17-11-6-4-10(5-7-11)15-20-21-16(23-15)24-9-14(22)19-13-3-1-2-12(18)8-13/h1-8H,9H2,(H,19,22). The molecule has 122 valence electrons. The van der Waals surface area contributed by atoms with Crippen molar-refractivity contribution < 1.29 is 9.21 Å². The number of anilines is 1. The molecule has 0 atom stereocenters. The molecule has 0 saturated heterocycles. The van der Waals surface area contributed by atoms with E-state index in [0.29, 0.717) is 11.1 Å². The molecule has 0 aliphatic heterocycles. The Morgan fingerprint density at radius 3 is 2.62 bits per heavy atom. The quantitative estimate of drug-likeness (QED) is 0.534. The first kappa shape index (κ1) is 17.2. The van der Waals surface area contributed by atoms with Crippen LogP contribution in [0.25, 0.3) is 11.5 Å². The molecule has 3 rings (SSSR count). The first-order valence-corrected chi connectivity index (χ1v) is 9.45. The van der Waals surface area contributed by atoms with Crippen LogP contribution in [-0.4, -0.2) is 21.9 Å². The highest BCUT2D eigenvalue weighted by molar-refractivity contribution is 9.10. The summed E-state index contributed by atoms with van der Waals surface area (Å²) in [5, 5.41) is 11.1. The molecular weight excluding hydrogens is 458 g/mol. The van der Waals surface area contributed by atoms with Crippen LogP contribution in [0, 0.1) is 0 Å². The Balaban J connectivity index is 1.57. The zero-order valence-corrected chi connectivity index (χ0v) is 16.2. The number of thioether (sulfide) groups is 1. The maximum atomic E-state index is 12.0. The van der Waals surface area contributed by atoms with E-state index < -0.39 is 0 Å². The van der Waals surface area contributed by atoms with Gasteiger partial charge in [0.15, 0.2) is 0 Å². The number of hydrogen-bond acceptors (Lipinski definition) is 5. The molecule has 0 aliphatic carbocycles. The molecule has 8 heteroatoms. The number of benzene rings is 2. The van der Waals surface area contributed by atoms with E-state index >= 15 is 0 Å². The number of hydrogen-bond donors (Lipinski definition) is 1. The highest BCUT2D eigenvalue weighted by atomic mass is 79.9. The molecule has 2 aromatic carbocycles. The molecule has 3 aromatic rings. The van der Waals surface area contributed by atoms with Crippen LogP contribution < -0.4 is 5.32 Å². The summed E-state index contributed by atoms with van der Waals surface area (Å²) in [5.41, 5.74) is 1.56. The minimum absolute atomic E-state index is 0.138. The zero-order chi connectivity index (χ0) is 16.9. The first-order valence-electron chi connectivity index (χ1n) is 6.88. The summed E-state index contributed by atoms with van der Waals surface area (Å²) in [6, 6.07) is 15.0. The number of amides is 1. The average molecular weight is 469 g/mol. The highest BCUT2D eigenvalue weighted by Gasteiger charge is 2.11. The lowest BCUT2D eigenvalue weighted by molar-refractivity contribution is -0.113. The number of rotatable bonds is 5. The maximum absolute atomic E-state index is 12.0. The molecule has 5 nitrogen and oxygen atoms in total. The molecule has 0 radical (unpaired) electrons. The van der Waals surface area contributed by atoms with E-state index in [4.69, 9.17) is 4.42 Å². The first-order chi connectivity index (χ1) is 11.6. The van der Waals surface area contributed by atoms with Gasteiger partial charge in [-0.15, -0.1) is 10.2 Å². The molecule has 0 fully saturated rings. The third kappa shape index (κ3) is 4.68. The van der Waals surface area contributed by atoms with Crippen molar-refractivity contribution in [2.45, 2.75) is 5.22 Å². The predicted molar refractivity (Wildman–Crippen MR) is 101 cm³/mol. The van der Waals surface area contributed by atoms with Gasteiger partial charge in [-0.2, -0.15) is 0 Å². The summed E-state index contributed by atoms with van der Waals surface area (Å²) in [7, 11) is 0. The number of carbonyl (C=O) groups excluding carboxylic acids is 1. The normalized spacial score (nSPS) is 10.6. The molecular formula is C16H11Br2N3O2S. The summed E-state index contributed by atoms with van der Waals surface area (Å²) < 4.78 is 7.45. The van der Waals surface area contributed by atoms with Crippen LogP contribution in [0.5, 0.6) is 0 Å². The lowest BCUT2D eigenvalue weighted by atomic mass is 10.2. The van der Waals surface area contributed by atoms with Gasteiger partial charge in [-0.05, 0) is 42.5 Å². The number of nitrogens with one attached hydrogen (secondary N) is 1. The average Bonchev–Trinajstić information content (AvgIpc) is 3.03. The van der Waals surface area contributed by atoms with Crippen molar-refractivity contribution in [3.8, 4) is 11.5 Å². The number of aromatic nitrogens is 2. The molecule has 0 saturated carbocycles. The van der Waals surface area contributed by atoms with Crippen molar-refractivity contribution in [2.75, 3.05) is 11.1 Å². The van der Waals surface area contributed by atoms with Gasteiger partial charge in [-0.1, -0.05) is 49.7 Å². The maximum Gasteiger partial charge on any atom is 0.277 e. The zero-order valence-electron chi connectivity index (χ0n) is 12.2. The van der Waals surface area contributed by atoms with E-state index in [9.17, 15) is 4.79 Å². The van der Waals surface area contributed by atoms with E-state index in [-0.39, 0.29) is 11.7 Å². The van der Waals surface area contributed by atoms with Gasteiger partial charge in [0.1, 0.15) is 0 Å². The van der Waals surface area contributed by atoms with Crippen LogP contribution in [0.15, 0.2) is 67.1 Å². The van der Waals surface area contributed by atoms with E-state index in [1.165, 1.54) is 11.8 Å². The monoisotopic (exact) mass is 467 g/mol. The van der Waals surface area contributed by atoms with Crippen LogP contribution in [0.1, 0.15) is 0 Å². The van der Waals surface area contributed by atoms with Crippen LogP contribution >= 0.6 is 43.6 Å². The largest absolute Gasteiger partial charge is 0.411 e. The molecule has 0 bridgehead atoms. The predicted octanol–water partition coefficient (Wildman–Crippen LogP) is 4.99. The topological polar surface area (TPSA) is 68.0 Å². The van der Waals surface area contributed by atoms with E-state index in [0.717, 1.165) is 20.2 Å². The SMILES string of the molecule is O=C(CSc1nnc(-c2ccc(Br)cc2)o1)Nc1cccc(Br)c1. The van der Waals surface area contributed by atoms with Crippen molar-refractivity contribution in [1.29, 1.82) is 0 Å². The minimum Gasteiger partial charge on any atom is -0.411 e. The second-order valence-electron chi connectivity index (χ2n) is 4.73. The summed E-state index contributed by atoms with van der Waals surface area (Å²) in [4.78, 5) is 12.0. The lowest BCUT2D eigenvalue weighted by Crippen LogP contribution is -2.13. The molecule has 0 unspecified atom stereocenters. The van der Waals surface area contributed by atoms with E-state index in [1.807, 2.05) is 48.5 Å². The van der Waals surface area contributed by atoms with Gasteiger partial charge in [-0.25, -0.2) is 0 Å². The van der Waals surface area contributed by atoms with Gasteiger partial charge in [0.25, 0.3) is 5.22 Å². The molecule has 0 aliphatic rings. The van der Waals surface area contributed by atoms with E-state index in [2.05, 4.69) is 47.4 Å². The van der Waals surface area contributed by atoms with E-state index in [1.54, 1.807) is 0 Å². The second-order valence-corrected chi connectivity index (χ2v) is 7.49. The molecule has 24 heavy (non-hydrogen) atoms. The van der Waals surface area contributed by atoms with Gasteiger partial charge in [0, 0.05) is 20.2 Å². The Hall–Kier alpha value is -1.64. The van der Waals surface area contributed by atoms with Gasteiger partial charge >= 0.3 is 0 Å². The molecule has 1 N–H and O–H groups in total. The van der Waals surface area contributed by atoms with Crippen molar-refractivity contribution >= 4 is 55.2 Å². The van der Waals surface area contributed by atoms with Crippen molar-refractivity contribution in [1.82, 2.24) is 10.2 Å². The van der Waals surface area contributed by atoms with Crippen molar-refractivity contribution in [2.24, 2.45) is 0 Å². The van der Waals surface area contributed by atoms with Crippen molar-refractivity contribution in [3.05, 3.63) is 57.5 Å². The van der Waals surface area contributed by atoms with Crippen molar-refractivity contribution in [3.63, 3.8) is 0 Å². The van der Waals surface area contributed by atoms with Crippen LogP contribution in [0.4, 0.5) is 5.69 Å². The number of halogens is 2. The van der Waals surface area contributed by atoms with Gasteiger partial charge < -0.3 is 9.73 Å². The summed E-state index contributed by atoms with van der Waals surface area (Å²) >= 11 is 7.94. The fourth-order valence-electron chi connectivity index (χ4n) is 1.87. The Labute approximate surface area is 159 Å². The van der Waals surface area contributed by atoms with Gasteiger partial charge in [-0.3, -0.25) is 4.79 Å². The number of nitrogens with zero attached hydrogens (tertiary/aromatic N) is 2. The Morgan fingerprint density at radius 1 is 1.08 bits per heavy atom. The fourth-order valence-corrected chi connectivity index (χ4v) is 3.09.